The summed E-state index contributed by atoms with van der Waals surface area (Å²) in [6.45, 7) is 2.87. The molecule has 2 N–H and O–H groups in total. The molecule has 2 aromatic carbocycles. The second kappa shape index (κ2) is 6.47. The first kappa shape index (κ1) is 15.1. The normalized spacial score (nSPS) is 11.7. The Morgan fingerprint density at radius 3 is 1.86 bits per heavy atom. The lowest BCUT2D eigenvalue weighted by Gasteiger charge is -2.01. The Labute approximate surface area is 123 Å². The molecular formula is C14H15N3O3S. The van der Waals surface area contributed by atoms with Crippen LogP contribution in [0, 0.1) is 0 Å². The third kappa shape index (κ3) is 4.37. The number of hydrogen-bond donors (Lipinski definition) is 2. The van der Waals surface area contributed by atoms with Crippen LogP contribution in [0.3, 0.4) is 0 Å². The number of azo groups is 1. The Morgan fingerprint density at radius 2 is 1.43 bits per heavy atom. The number of benzene rings is 2. The summed E-state index contributed by atoms with van der Waals surface area (Å²) in [7, 11) is -4.18. The predicted octanol–water partition coefficient (Wildman–Crippen LogP) is 3.78. The highest BCUT2D eigenvalue weighted by atomic mass is 32.2. The lowest BCUT2D eigenvalue weighted by atomic mass is 10.3. The lowest BCUT2D eigenvalue weighted by molar-refractivity contribution is 0.483. The van der Waals surface area contributed by atoms with Gasteiger partial charge < -0.3 is 5.32 Å². The topological polar surface area (TPSA) is 91.1 Å². The van der Waals surface area contributed by atoms with Crippen LogP contribution in [0.15, 0.2) is 63.7 Å². The standard InChI is InChI=1S/C14H15N3O3S/c1-2-15-11-3-5-12(6-4-11)16-17-13-7-9-14(10-8-13)21(18,19)20/h3-10,15H,2H2,1H3,(H,18,19,20). The van der Waals surface area contributed by atoms with Crippen molar-refractivity contribution in [1.82, 2.24) is 0 Å². The van der Waals surface area contributed by atoms with Gasteiger partial charge in [0.2, 0.25) is 0 Å². The molecule has 6 nitrogen and oxygen atoms in total. The van der Waals surface area contributed by atoms with Crippen molar-refractivity contribution in [2.45, 2.75) is 11.8 Å². The largest absolute Gasteiger partial charge is 0.385 e. The number of anilines is 1. The molecule has 2 aromatic rings. The van der Waals surface area contributed by atoms with Crippen molar-refractivity contribution in [2.24, 2.45) is 10.2 Å². The lowest BCUT2D eigenvalue weighted by Crippen LogP contribution is -1.96. The summed E-state index contributed by atoms with van der Waals surface area (Å²) in [4.78, 5) is -0.170. The molecule has 2 rings (SSSR count). The van der Waals surface area contributed by atoms with E-state index in [9.17, 15) is 8.42 Å². The molecule has 0 aliphatic carbocycles. The number of nitrogens with one attached hydrogen (secondary N) is 1. The second-order valence-corrected chi connectivity index (χ2v) is 5.67. The average Bonchev–Trinajstić information content (AvgIpc) is 2.46. The fourth-order valence-electron chi connectivity index (χ4n) is 1.65. The molecule has 0 atom stereocenters. The van der Waals surface area contributed by atoms with Gasteiger partial charge in [0.05, 0.1) is 16.3 Å². The molecule has 7 heteroatoms. The molecule has 0 amide bonds. The average molecular weight is 305 g/mol. The van der Waals surface area contributed by atoms with E-state index in [1.807, 2.05) is 31.2 Å². The molecule has 0 unspecified atom stereocenters. The quantitative estimate of drug-likeness (QED) is 0.649. The van der Waals surface area contributed by atoms with Crippen molar-refractivity contribution in [3.8, 4) is 0 Å². The van der Waals surface area contributed by atoms with Crippen molar-refractivity contribution in [1.29, 1.82) is 0 Å². The zero-order valence-corrected chi connectivity index (χ0v) is 12.2. The van der Waals surface area contributed by atoms with Crippen LogP contribution in [0.1, 0.15) is 6.92 Å². The number of nitrogens with zero attached hydrogens (tertiary/aromatic N) is 2. The Balaban J connectivity index is 2.10. The maximum Gasteiger partial charge on any atom is 0.294 e. The van der Waals surface area contributed by atoms with Gasteiger partial charge in [-0.2, -0.15) is 18.6 Å². The van der Waals surface area contributed by atoms with Crippen molar-refractivity contribution >= 4 is 27.2 Å². The van der Waals surface area contributed by atoms with Gasteiger partial charge in [0.25, 0.3) is 10.1 Å². The summed E-state index contributed by atoms with van der Waals surface area (Å²) in [6.07, 6.45) is 0. The van der Waals surface area contributed by atoms with E-state index in [0.29, 0.717) is 11.4 Å². The van der Waals surface area contributed by atoms with Crippen LogP contribution in [-0.4, -0.2) is 19.5 Å². The molecule has 0 saturated carbocycles. The van der Waals surface area contributed by atoms with Gasteiger partial charge in [-0.05, 0) is 55.5 Å². The first-order chi connectivity index (χ1) is 9.99. The Morgan fingerprint density at radius 1 is 0.952 bits per heavy atom. The molecule has 0 bridgehead atoms. The summed E-state index contributed by atoms with van der Waals surface area (Å²) < 4.78 is 30.7. The van der Waals surface area contributed by atoms with E-state index in [2.05, 4.69) is 15.5 Å². The van der Waals surface area contributed by atoms with E-state index >= 15 is 0 Å². The minimum absolute atomic E-state index is 0.170. The fraction of sp³-hybridized carbons (Fsp3) is 0.143. The molecule has 0 radical (unpaired) electrons. The van der Waals surface area contributed by atoms with Gasteiger partial charge in [0.15, 0.2) is 0 Å². The van der Waals surface area contributed by atoms with Crippen LogP contribution in [-0.2, 0) is 10.1 Å². The van der Waals surface area contributed by atoms with E-state index in [4.69, 9.17) is 4.55 Å². The summed E-state index contributed by atoms with van der Waals surface area (Å²) in [6, 6.07) is 13.0. The molecule has 0 aromatic heterocycles. The maximum absolute atomic E-state index is 10.9. The number of hydrogen-bond acceptors (Lipinski definition) is 5. The van der Waals surface area contributed by atoms with E-state index in [-0.39, 0.29) is 4.90 Å². The Kier molecular flexibility index (Phi) is 4.66. The highest BCUT2D eigenvalue weighted by Crippen LogP contribution is 2.21. The zero-order chi connectivity index (χ0) is 15.3. The van der Waals surface area contributed by atoms with Crippen LogP contribution in [0.4, 0.5) is 17.1 Å². The van der Waals surface area contributed by atoms with Crippen molar-refractivity contribution in [3.05, 3.63) is 48.5 Å². The zero-order valence-electron chi connectivity index (χ0n) is 11.4. The Hall–Kier alpha value is -2.25. The third-order valence-electron chi connectivity index (χ3n) is 2.66. The Bertz CT molecular complexity index is 723. The van der Waals surface area contributed by atoms with Gasteiger partial charge in [-0.15, -0.1) is 0 Å². The van der Waals surface area contributed by atoms with Crippen molar-refractivity contribution in [3.63, 3.8) is 0 Å². The van der Waals surface area contributed by atoms with Gasteiger partial charge in [-0.1, -0.05) is 0 Å². The summed E-state index contributed by atoms with van der Waals surface area (Å²) in [5.74, 6) is 0. The third-order valence-corrected chi connectivity index (χ3v) is 3.53. The first-order valence-corrected chi connectivity index (χ1v) is 7.76. The van der Waals surface area contributed by atoms with Crippen molar-refractivity contribution in [2.75, 3.05) is 11.9 Å². The van der Waals surface area contributed by atoms with Gasteiger partial charge in [0.1, 0.15) is 0 Å². The molecule has 0 spiro atoms. The molecule has 0 heterocycles. The second-order valence-electron chi connectivity index (χ2n) is 4.25. The van der Waals surface area contributed by atoms with E-state index in [0.717, 1.165) is 12.2 Å². The highest BCUT2D eigenvalue weighted by molar-refractivity contribution is 7.85. The van der Waals surface area contributed by atoms with Gasteiger partial charge in [-0.25, -0.2) is 0 Å². The highest BCUT2D eigenvalue weighted by Gasteiger charge is 2.07. The minimum atomic E-state index is -4.18. The molecule has 110 valence electrons. The first-order valence-electron chi connectivity index (χ1n) is 6.32. The molecule has 21 heavy (non-hydrogen) atoms. The summed E-state index contributed by atoms with van der Waals surface area (Å²) in [5, 5.41) is 11.2. The molecule has 0 fully saturated rings. The van der Waals surface area contributed by atoms with E-state index < -0.39 is 10.1 Å². The van der Waals surface area contributed by atoms with Crippen LogP contribution < -0.4 is 5.32 Å². The molecule has 0 saturated heterocycles. The molecule has 0 aliphatic rings. The van der Waals surface area contributed by atoms with Crippen LogP contribution in [0.25, 0.3) is 0 Å². The van der Waals surface area contributed by atoms with Gasteiger partial charge >= 0.3 is 0 Å². The molecule has 0 aliphatic heterocycles. The van der Waals surface area contributed by atoms with Crippen molar-refractivity contribution < 1.29 is 13.0 Å². The summed E-state index contributed by atoms with van der Waals surface area (Å²) in [5.41, 5.74) is 2.20. The molecular weight excluding hydrogens is 290 g/mol. The van der Waals surface area contributed by atoms with Gasteiger partial charge in [0, 0.05) is 12.2 Å². The number of rotatable bonds is 5. The smallest absolute Gasteiger partial charge is 0.294 e. The van der Waals surface area contributed by atoms with Gasteiger partial charge in [-0.3, -0.25) is 4.55 Å². The predicted molar refractivity (Wildman–Crippen MR) is 81.0 cm³/mol. The minimum Gasteiger partial charge on any atom is -0.385 e. The van der Waals surface area contributed by atoms with Crippen LogP contribution in [0.2, 0.25) is 0 Å². The monoisotopic (exact) mass is 305 g/mol. The van der Waals surface area contributed by atoms with Crippen LogP contribution in [0.5, 0.6) is 0 Å². The van der Waals surface area contributed by atoms with E-state index in [1.54, 1.807) is 0 Å². The summed E-state index contributed by atoms with van der Waals surface area (Å²) >= 11 is 0. The maximum atomic E-state index is 10.9. The van der Waals surface area contributed by atoms with Crippen LogP contribution >= 0.6 is 0 Å². The fourth-order valence-corrected chi connectivity index (χ4v) is 2.13. The van der Waals surface area contributed by atoms with E-state index in [1.165, 1.54) is 24.3 Å². The SMILES string of the molecule is CCNc1ccc(N=Nc2ccc(S(=O)(=O)O)cc2)cc1.